The third-order valence-corrected chi connectivity index (χ3v) is 6.48. The highest BCUT2D eigenvalue weighted by atomic mass is 35.5. The molecule has 1 aliphatic carbocycles. The van der Waals surface area contributed by atoms with Crippen LogP contribution in [0, 0.1) is 5.41 Å². The molecule has 1 unspecified atom stereocenters. The molecular formula is C23H23ClF3N3O3. The van der Waals surface area contributed by atoms with Crippen molar-refractivity contribution in [3.63, 3.8) is 0 Å². The molecule has 0 fully saturated rings. The summed E-state index contributed by atoms with van der Waals surface area (Å²) in [4.78, 5) is 42.3. The average molecular weight is 482 g/mol. The van der Waals surface area contributed by atoms with Crippen molar-refractivity contribution in [3.8, 4) is 0 Å². The van der Waals surface area contributed by atoms with Gasteiger partial charge in [0.25, 0.3) is 5.91 Å². The molecule has 1 atom stereocenters. The molecule has 2 heterocycles. The predicted octanol–water partition coefficient (Wildman–Crippen LogP) is 4.29. The Morgan fingerprint density at radius 2 is 1.94 bits per heavy atom. The van der Waals surface area contributed by atoms with Crippen molar-refractivity contribution in [1.29, 1.82) is 0 Å². The van der Waals surface area contributed by atoms with E-state index >= 15 is 0 Å². The molecule has 0 saturated carbocycles. The lowest BCUT2D eigenvalue weighted by Crippen LogP contribution is -2.66. The Hall–Kier alpha value is -2.81. The quantitative estimate of drug-likeness (QED) is 0.683. The summed E-state index contributed by atoms with van der Waals surface area (Å²) < 4.78 is 43.3. The van der Waals surface area contributed by atoms with Gasteiger partial charge in [0.2, 0.25) is 11.4 Å². The minimum absolute atomic E-state index is 0.0326. The number of H-pyrrole nitrogens is 1. The van der Waals surface area contributed by atoms with Crippen molar-refractivity contribution in [2.75, 3.05) is 6.54 Å². The molecule has 2 amide bonds. The van der Waals surface area contributed by atoms with E-state index in [9.17, 15) is 27.6 Å². The van der Waals surface area contributed by atoms with Gasteiger partial charge < -0.3 is 15.2 Å². The SMILES string of the molecule is CC(=O)NC1(C(F)(F)F)C(=O)N(CCc2c[nH]c3ccc(Cl)cc23)C2=C1C(=O)CC(C)(C)C2. The number of alkyl halides is 3. The molecule has 0 spiro atoms. The van der Waals surface area contributed by atoms with Crippen molar-refractivity contribution in [1.82, 2.24) is 15.2 Å². The van der Waals surface area contributed by atoms with Gasteiger partial charge >= 0.3 is 6.18 Å². The first-order chi connectivity index (χ1) is 15.3. The summed E-state index contributed by atoms with van der Waals surface area (Å²) in [6.45, 7) is 4.35. The molecule has 0 saturated heterocycles. The molecule has 33 heavy (non-hydrogen) atoms. The van der Waals surface area contributed by atoms with Crippen molar-refractivity contribution in [2.45, 2.75) is 51.7 Å². The molecule has 0 bridgehead atoms. The Morgan fingerprint density at radius 3 is 2.58 bits per heavy atom. The number of allylic oxidation sites excluding steroid dienone is 1. The van der Waals surface area contributed by atoms with Gasteiger partial charge in [-0.15, -0.1) is 0 Å². The van der Waals surface area contributed by atoms with Gasteiger partial charge in [0.1, 0.15) is 0 Å². The number of hydrogen-bond donors (Lipinski definition) is 2. The minimum atomic E-state index is -5.18. The van der Waals surface area contributed by atoms with Crippen LogP contribution in [0.2, 0.25) is 5.02 Å². The normalized spacial score (nSPS) is 22.8. The van der Waals surface area contributed by atoms with Gasteiger partial charge in [-0.25, -0.2) is 0 Å². The van der Waals surface area contributed by atoms with Crippen molar-refractivity contribution >= 4 is 40.1 Å². The highest BCUT2D eigenvalue weighted by Gasteiger charge is 2.71. The van der Waals surface area contributed by atoms with Crippen molar-refractivity contribution in [2.24, 2.45) is 5.41 Å². The van der Waals surface area contributed by atoms with Crippen LogP contribution in [0.25, 0.3) is 10.9 Å². The third kappa shape index (κ3) is 3.72. The highest BCUT2D eigenvalue weighted by molar-refractivity contribution is 6.31. The molecule has 2 aromatic rings. The Bertz CT molecular complexity index is 1210. The summed E-state index contributed by atoms with van der Waals surface area (Å²) in [5.74, 6) is -3.17. The summed E-state index contributed by atoms with van der Waals surface area (Å²) in [6.07, 6.45) is -3.28. The van der Waals surface area contributed by atoms with E-state index in [0.29, 0.717) is 5.02 Å². The van der Waals surface area contributed by atoms with Crippen molar-refractivity contribution < 1.29 is 27.6 Å². The maximum absolute atomic E-state index is 14.4. The van der Waals surface area contributed by atoms with E-state index in [1.165, 1.54) is 0 Å². The number of halogens is 4. The van der Waals surface area contributed by atoms with Crippen LogP contribution in [0.5, 0.6) is 0 Å². The standard InChI is InChI=1S/C23H23ClF3N3O3/c1-12(31)29-22(23(25,26)27)19-17(9-21(2,3)10-18(19)32)30(20(22)33)7-6-13-11-28-16-5-4-14(24)8-15(13)16/h4-5,8,11,28H,6-7,9-10H2,1-3H3,(H,29,31). The van der Waals surface area contributed by atoms with E-state index in [-0.39, 0.29) is 31.5 Å². The first-order valence-corrected chi connectivity index (χ1v) is 10.8. The summed E-state index contributed by atoms with van der Waals surface area (Å²) in [7, 11) is 0. The van der Waals surface area contributed by atoms with Crippen LogP contribution in [0.4, 0.5) is 13.2 Å². The largest absolute Gasteiger partial charge is 0.425 e. The fourth-order valence-electron chi connectivity index (χ4n) is 4.92. The first-order valence-electron chi connectivity index (χ1n) is 10.5. The summed E-state index contributed by atoms with van der Waals surface area (Å²) in [6, 6.07) is 5.24. The lowest BCUT2D eigenvalue weighted by molar-refractivity contribution is -0.194. The monoisotopic (exact) mass is 481 g/mol. The van der Waals surface area contributed by atoms with Gasteiger partial charge in [-0.1, -0.05) is 25.4 Å². The zero-order valence-corrected chi connectivity index (χ0v) is 19.1. The Kier molecular flexibility index (Phi) is 5.39. The van der Waals surface area contributed by atoms with Crippen LogP contribution in [-0.4, -0.2) is 45.7 Å². The number of fused-ring (bicyclic) bond motifs is 1. The lowest BCUT2D eigenvalue weighted by Gasteiger charge is -2.35. The van der Waals surface area contributed by atoms with E-state index in [4.69, 9.17) is 11.6 Å². The van der Waals surface area contributed by atoms with E-state index in [0.717, 1.165) is 28.3 Å². The topological polar surface area (TPSA) is 82.3 Å². The average Bonchev–Trinajstić information content (AvgIpc) is 3.16. The van der Waals surface area contributed by atoms with Gasteiger partial charge in [-0.2, -0.15) is 13.2 Å². The Balaban J connectivity index is 1.79. The molecule has 176 valence electrons. The number of aromatic amines is 1. The second-order valence-corrected chi connectivity index (χ2v) is 9.84. The number of nitrogens with one attached hydrogen (secondary N) is 2. The zero-order chi connectivity index (χ0) is 24.3. The minimum Gasteiger partial charge on any atom is -0.361 e. The van der Waals surface area contributed by atoms with Crippen LogP contribution >= 0.6 is 11.6 Å². The number of ketones is 1. The number of carbonyl (C=O) groups is 3. The second kappa shape index (κ2) is 7.62. The van der Waals surface area contributed by atoms with Gasteiger partial charge in [0.05, 0.1) is 5.57 Å². The zero-order valence-electron chi connectivity index (χ0n) is 18.3. The predicted molar refractivity (Wildman–Crippen MR) is 116 cm³/mol. The van der Waals surface area contributed by atoms with Crippen LogP contribution < -0.4 is 5.32 Å². The number of amides is 2. The summed E-state index contributed by atoms with van der Waals surface area (Å²) >= 11 is 6.08. The van der Waals surface area contributed by atoms with Crippen LogP contribution in [0.15, 0.2) is 35.7 Å². The summed E-state index contributed by atoms with van der Waals surface area (Å²) in [5.41, 5.74) is -3.04. The van der Waals surface area contributed by atoms with E-state index < -0.39 is 40.3 Å². The van der Waals surface area contributed by atoms with Gasteiger partial charge in [-0.05, 0) is 42.0 Å². The number of nitrogens with zero attached hydrogens (tertiary/aromatic N) is 1. The number of benzene rings is 1. The lowest BCUT2D eigenvalue weighted by atomic mass is 9.72. The number of hydrogen-bond acceptors (Lipinski definition) is 3. The fourth-order valence-corrected chi connectivity index (χ4v) is 5.09. The van der Waals surface area contributed by atoms with E-state index in [1.807, 2.05) is 0 Å². The van der Waals surface area contributed by atoms with Crippen LogP contribution in [-0.2, 0) is 20.8 Å². The van der Waals surface area contributed by atoms with Gasteiger partial charge in [0, 0.05) is 47.7 Å². The number of carbonyl (C=O) groups excluding carboxylic acids is 3. The van der Waals surface area contributed by atoms with Gasteiger partial charge in [0.15, 0.2) is 5.78 Å². The molecule has 1 aromatic carbocycles. The molecule has 10 heteroatoms. The smallest absolute Gasteiger partial charge is 0.361 e. The molecule has 6 nitrogen and oxygen atoms in total. The van der Waals surface area contributed by atoms with Crippen molar-refractivity contribution in [3.05, 3.63) is 46.3 Å². The molecule has 1 aliphatic heterocycles. The molecular weight excluding hydrogens is 459 g/mol. The fraction of sp³-hybridized carbons (Fsp3) is 0.435. The first kappa shape index (κ1) is 23.4. The van der Waals surface area contributed by atoms with Crippen LogP contribution in [0.1, 0.15) is 39.2 Å². The number of Topliss-reactive ketones (excluding diaryl/α,β-unsaturated/α-hetero) is 1. The molecule has 2 N–H and O–H groups in total. The second-order valence-electron chi connectivity index (χ2n) is 9.40. The van der Waals surface area contributed by atoms with E-state index in [1.54, 1.807) is 43.6 Å². The highest BCUT2D eigenvalue weighted by Crippen LogP contribution is 2.51. The third-order valence-electron chi connectivity index (χ3n) is 6.24. The maximum atomic E-state index is 14.4. The Morgan fingerprint density at radius 1 is 1.24 bits per heavy atom. The number of rotatable bonds is 4. The molecule has 1 aromatic heterocycles. The van der Waals surface area contributed by atoms with Gasteiger partial charge in [-0.3, -0.25) is 14.4 Å². The van der Waals surface area contributed by atoms with Crippen LogP contribution in [0.3, 0.4) is 0 Å². The van der Waals surface area contributed by atoms with E-state index in [2.05, 4.69) is 4.98 Å². The Labute approximate surface area is 193 Å². The summed E-state index contributed by atoms with van der Waals surface area (Å²) in [5, 5.41) is 3.11. The molecule has 0 radical (unpaired) electrons. The maximum Gasteiger partial charge on any atom is 0.425 e. The number of aromatic nitrogens is 1. The molecule has 4 rings (SSSR count). The molecule has 2 aliphatic rings.